The van der Waals surface area contributed by atoms with Crippen LogP contribution in [0.15, 0.2) is 72.8 Å². The van der Waals surface area contributed by atoms with E-state index in [0.717, 1.165) is 10.4 Å². The molecule has 0 aliphatic rings. The molecule has 2 aromatic rings. The Morgan fingerprint density at radius 1 is 0.946 bits per heavy atom. The van der Waals surface area contributed by atoms with Gasteiger partial charge in [0, 0.05) is 0 Å². The second-order valence-corrected chi connectivity index (χ2v) is 22.8. The summed E-state index contributed by atoms with van der Waals surface area (Å²) in [6.07, 6.45) is 5.81. The van der Waals surface area contributed by atoms with Gasteiger partial charge < -0.3 is 9.22 Å². The number of rotatable bonds is 12. The van der Waals surface area contributed by atoms with Crippen molar-refractivity contribution < 1.29 is 17.6 Å². The molecule has 2 N–H and O–H groups in total. The lowest BCUT2D eigenvalue weighted by atomic mass is 9.90. The van der Waals surface area contributed by atoms with E-state index < -0.39 is 37.7 Å². The highest BCUT2D eigenvalue weighted by Crippen LogP contribution is 2.43. The third-order valence-electron chi connectivity index (χ3n) is 7.86. The van der Waals surface area contributed by atoms with E-state index in [1.807, 2.05) is 73.7 Å². The van der Waals surface area contributed by atoms with E-state index in [1.165, 1.54) is 6.26 Å². The molecule has 5 nitrogen and oxygen atoms in total. The summed E-state index contributed by atoms with van der Waals surface area (Å²) in [5, 5.41) is 1.35. The zero-order chi connectivity index (χ0) is 28.1. The van der Waals surface area contributed by atoms with Gasteiger partial charge in [0.2, 0.25) is 10.0 Å². The van der Waals surface area contributed by atoms with Crippen LogP contribution < -0.4 is 15.1 Å². The first kappa shape index (κ1) is 31.7. The van der Waals surface area contributed by atoms with Gasteiger partial charge in [-0.1, -0.05) is 107 Å². The minimum atomic E-state index is -3.48. The first-order valence-electron chi connectivity index (χ1n) is 13.0. The van der Waals surface area contributed by atoms with E-state index >= 15 is 0 Å². The topological polar surface area (TPSA) is 75.6 Å². The summed E-state index contributed by atoms with van der Waals surface area (Å²) < 4.78 is 34.3. The number of benzene rings is 2. The van der Waals surface area contributed by atoms with Crippen molar-refractivity contribution in [1.29, 1.82) is 0 Å². The minimum Gasteiger partial charge on any atom is -0.424 e. The first-order valence-corrected chi connectivity index (χ1v) is 19.8. The van der Waals surface area contributed by atoms with Gasteiger partial charge in [0.15, 0.2) is 8.32 Å². The van der Waals surface area contributed by atoms with Crippen LogP contribution in [0.25, 0.3) is 0 Å². The summed E-state index contributed by atoms with van der Waals surface area (Å²) in [5.41, 5.74) is 0. The van der Waals surface area contributed by atoms with Gasteiger partial charge in [-0.2, -0.15) is 0 Å². The van der Waals surface area contributed by atoms with E-state index in [4.69, 9.17) is 4.43 Å². The van der Waals surface area contributed by atoms with Gasteiger partial charge in [-0.15, -0.1) is 0 Å². The number of sulfonamides is 1. The molecule has 2 atom stereocenters. The molecule has 37 heavy (non-hydrogen) atoms. The van der Waals surface area contributed by atoms with Crippen molar-refractivity contribution in [3.63, 3.8) is 0 Å². The van der Waals surface area contributed by atoms with Crippen molar-refractivity contribution in [3.8, 4) is 0 Å². The van der Waals surface area contributed by atoms with Gasteiger partial charge in [0.1, 0.15) is 0 Å². The van der Waals surface area contributed by atoms with E-state index in [0.29, 0.717) is 6.42 Å². The maximum atomic E-state index is 12.6. The molecule has 0 saturated carbocycles. The first-order chi connectivity index (χ1) is 16.9. The predicted molar refractivity (Wildman–Crippen MR) is 162 cm³/mol. The Morgan fingerprint density at radius 3 is 1.78 bits per heavy atom. The Labute approximate surface area is 227 Å². The molecule has 0 spiro atoms. The van der Waals surface area contributed by atoms with Crippen LogP contribution >= 0.6 is 0 Å². The number of nitrogens with one attached hydrogen (secondary N) is 1. The molecule has 0 radical (unpaired) electrons. The smallest absolute Gasteiger partial charge is 0.258 e. The van der Waals surface area contributed by atoms with Crippen molar-refractivity contribution >= 4 is 37.0 Å². The lowest BCUT2D eigenvalue weighted by Crippen LogP contribution is -2.66. The van der Waals surface area contributed by atoms with Crippen molar-refractivity contribution in [2.45, 2.75) is 77.2 Å². The monoisotopic (exact) mass is 561 g/mol. The van der Waals surface area contributed by atoms with Gasteiger partial charge in [-0.25, -0.2) is 13.1 Å². The molecule has 0 bridgehead atoms. The summed E-state index contributed by atoms with van der Waals surface area (Å²) in [6.45, 7) is 17.3. The maximum Gasteiger partial charge on any atom is 0.258 e. The average Bonchev–Trinajstić information content (AvgIpc) is 2.80. The fraction of sp³-hybridized carbons (Fsp3) is 0.517. The number of hydrogen-bond donors (Lipinski definition) is 2. The van der Waals surface area contributed by atoms with Gasteiger partial charge in [0.05, 0.1) is 18.9 Å². The second kappa shape index (κ2) is 12.1. The van der Waals surface area contributed by atoms with E-state index in [9.17, 15) is 13.2 Å². The molecule has 0 aliphatic heterocycles. The van der Waals surface area contributed by atoms with Gasteiger partial charge in [0.25, 0.3) is 8.32 Å². The van der Waals surface area contributed by atoms with Crippen LogP contribution in [0.5, 0.6) is 0 Å². The molecule has 8 heteroatoms. The van der Waals surface area contributed by atoms with Crippen LogP contribution in [-0.4, -0.2) is 48.8 Å². The Balaban J connectivity index is 2.54. The lowest BCUT2D eigenvalue weighted by Gasteiger charge is -2.44. The highest BCUT2D eigenvalue weighted by molar-refractivity contribution is 7.88. The Hall–Kier alpha value is -1.56. The Bertz CT molecular complexity index is 1090. The molecule has 2 rings (SSSR count). The predicted octanol–water partition coefficient (Wildman–Crippen LogP) is 5.04. The standard InChI is InChI=1S/C29H47NO4SSi2/c1-10-17-24(27(30-35(7,31)32)23-34-36(8,9)28(2,3)4)22-29(5,6)37(33,25-18-13-11-14-19-25)26-20-15-12-16-21-26/h10-21,24,27,30,33H,22-23H2,1-9H3/b17-10+/t24-,27-/m0/s1. The van der Waals surface area contributed by atoms with Crippen LogP contribution in [0, 0.1) is 5.92 Å². The maximum absolute atomic E-state index is 12.6. The molecular formula is C29H47NO4SSi2. The van der Waals surface area contributed by atoms with Crippen LogP contribution in [-0.2, 0) is 14.4 Å². The number of allylic oxidation sites excluding steroid dienone is 1. The Morgan fingerprint density at radius 2 is 1.41 bits per heavy atom. The van der Waals surface area contributed by atoms with Crippen molar-refractivity contribution in [2.24, 2.45) is 5.92 Å². The zero-order valence-corrected chi connectivity index (χ0v) is 26.9. The average molecular weight is 562 g/mol. The summed E-state index contributed by atoms with van der Waals surface area (Å²) >= 11 is 0. The van der Waals surface area contributed by atoms with E-state index in [2.05, 4.69) is 58.5 Å². The lowest BCUT2D eigenvalue weighted by molar-refractivity contribution is 0.220. The molecule has 0 aliphatic carbocycles. The highest BCUT2D eigenvalue weighted by atomic mass is 32.2. The second-order valence-electron chi connectivity index (χ2n) is 12.3. The third-order valence-corrected chi connectivity index (χ3v) is 17.6. The van der Waals surface area contributed by atoms with E-state index in [1.54, 1.807) is 0 Å². The normalized spacial score (nSPS) is 15.6. The highest BCUT2D eigenvalue weighted by Gasteiger charge is 2.51. The van der Waals surface area contributed by atoms with Crippen molar-refractivity contribution in [2.75, 3.05) is 12.9 Å². The van der Waals surface area contributed by atoms with E-state index in [-0.39, 0.29) is 17.6 Å². The number of hydrogen-bond acceptors (Lipinski definition) is 4. The van der Waals surface area contributed by atoms with Crippen LogP contribution in [0.2, 0.25) is 23.2 Å². The van der Waals surface area contributed by atoms with Crippen LogP contribution in [0.3, 0.4) is 0 Å². The molecular weight excluding hydrogens is 515 g/mol. The fourth-order valence-corrected chi connectivity index (χ4v) is 10.3. The molecule has 0 fully saturated rings. The SMILES string of the molecule is C/C=C/[C@@H](CC(C)(C)[Si](O)(c1ccccc1)c1ccccc1)[C@H](CO[Si](C)(C)C(C)(C)C)NS(C)(=O)=O. The summed E-state index contributed by atoms with van der Waals surface area (Å²) in [7, 11) is -8.86. The van der Waals surface area contributed by atoms with Crippen molar-refractivity contribution in [3.05, 3.63) is 72.8 Å². The Kier molecular flexibility index (Phi) is 10.3. The minimum absolute atomic E-state index is 0.00574. The molecule has 0 saturated heterocycles. The molecule has 2 aromatic carbocycles. The summed E-state index contributed by atoms with van der Waals surface area (Å²) in [5.74, 6) is -0.175. The van der Waals surface area contributed by atoms with Crippen LogP contribution in [0.1, 0.15) is 48.0 Å². The molecule has 0 heterocycles. The van der Waals surface area contributed by atoms with Crippen molar-refractivity contribution in [1.82, 2.24) is 4.72 Å². The zero-order valence-electron chi connectivity index (χ0n) is 24.1. The van der Waals surface area contributed by atoms with Gasteiger partial charge >= 0.3 is 0 Å². The largest absolute Gasteiger partial charge is 0.424 e. The molecule has 206 valence electrons. The fourth-order valence-electron chi connectivity index (χ4n) is 4.67. The third kappa shape index (κ3) is 7.97. The summed E-state index contributed by atoms with van der Waals surface area (Å²) in [4.78, 5) is 12.6. The van der Waals surface area contributed by atoms with Gasteiger partial charge in [-0.3, -0.25) is 0 Å². The molecule has 0 unspecified atom stereocenters. The van der Waals surface area contributed by atoms with Crippen LogP contribution in [0.4, 0.5) is 0 Å². The molecule has 0 amide bonds. The molecule has 0 aromatic heterocycles. The van der Waals surface area contributed by atoms with Gasteiger partial charge in [-0.05, 0) is 52.8 Å². The summed E-state index contributed by atoms with van der Waals surface area (Å²) in [6, 6.07) is 19.4. The quantitative estimate of drug-likeness (QED) is 0.281.